The summed E-state index contributed by atoms with van der Waals surface area (Å²) in [5.41, 5.74) is 0.792. The van der Waals surface area contributed by atoms with Crippen molar-refractivity contribution >= 4 is 24.2 Å². The first-order valence-electron chi connectivity index (χ1n) is 5.64. The van der Waals surface area contributed by atoms with E-state index in [2.05, 4.69) is 24.5 Å². The van der Waals surface area contributed by atoms with E-state index in [1.807, 2.05) is 43.2 Å². The standard InChI is InChI=1S/C12H13N6/c1-17(2)9-3-5-18(6-4-9)12-10-11(14-7-13-10)15-8-16-12/h3-8,12H,1-2H3/q+1. The SMILES string of the molecule is C[N+](C)=c1ccn(C2N=CN=C3N=CN=C32)cc1. The predicted octanol–water partition coefficient (Wildman–Crippen LogP) is -0.0582. The van der Waals surface area contributed by atoms with Crippen LogP contribution >= 0.6 is 0 Å². The van der Waals surface area contributed by atoms with Crippen molar-refractivity contribution in [1.82, 2.24) is 9.14 Å². The third kappa shape index (κ3) is 1.71. The van der Waals surface area contributed by atoms with Crippen LogP contribution in [0.1, 0.15) is 6.17 Å². The van der Waals surface area contributed by atoms with Gasteiger partial charge in [0.15, 0.2) is 12.0 Å². The first-order valence-corrected chi connectivity index (χ1v) is 5.64. The van der Waals surface area contributed by atoms with Gasteiger partial charge in [0.05, 0.1) is 0 Å². The number of hydrogen-bond acceptors (Lipinski definition) is 4. The second-order valence-corrected chi connectivity index (χ2v) is 4.25. The minimum Gasteiger partial charge on any atom is -0.326 e. The Morgan fingerprint density at radius 3 is 2.61 bits per heavy atom. The molecule has 3 heterocycles. The number of pyridine rings is 1. The molecule has 0 fully saturated rings. The molecule has 0 radical (unpaired) electrons. The predicted molar refractivity (Wildman–Crippen MR) is 72.4 cm³/mol. The van der Waals surface area contributed by atoms with Crippen molar-refractivity contribution in [2.75, 3.05) is 14.1 Å². The highest BCUT2D eigenvalue weighted by Gasteiger charge is 2.25. The van der Waals surface area contributed by atoms with Gasteiger partial charge >= 0.3 is 0 Å². The smallest absolute Gasteiger partial charge is 0.202 e. The van der Waals surface area contributed by atoms with Gasteiger partial charge in [-0.3, -0.25) is 0 Å². The molecule has 2 aliphatic heterocycles. The van der Waals surface area contributed by atoms with Crippen LogP contribution in [0.25, 0.3) is 0 Å². The van der Waals surface area contributed by atoms with Gasteiger partial charge < -0.3 is 4.57 Å². The fourth-order valence-corrected chi connectivity index (χ4v) is 1.88. The highest BCUT2D eigenvalue weighted by molar-refractivity contribution is 6.48. The van der Waals surface area contributed by atoms with Crippen molar-refractivity contribution in [3.8, 4) is 0 Å². The number of aliphatic imine (C=N–C) groups is 4. The van der Waals surface area contributed by atoms with Crippen LogP contribution in [0.5, 0.6) is 0 Å². The molecule has 0 saturated heterocycles. The van der Waals surface area contributed by atoms with Crippen LogP contribution in [0, 0.1) is 0 Å². The van der Waals surface area contributed by atoms with Gasteiger partial charge in [0, 0.05) is 24.5 Å². The molecule has 0 saturated carbocycles. The number of hydrogen-bond donors (Lipinski definition) is 0. The minimum atomic E-state index is -0.170. The molecule has 1 unspecified atom stereocenters. The maximum absolute atomic E-state index is 4.34. The summed E-state index contributed by atoms with van der Waals surface area (Å²) in [7, 11) is 4.02. The normalized spacial score (nSPS) is 20.4. The van der Waals surface area contributed by atoms with Gasteiger partial charge in [-0.05, 0) is 0 Å². The molecule has 1 aromatic rings. The Labute approximate surface area is 104 Å². The van der Waals surface area contributed by atoms with Gasteiger partial charge in [0.1, 0.15) is 32.5 Å². The zero-order chi connectivity index (χ0) is 12.5. The zero-order valence-electron chi connectivity index (χ0n) is 10.2. The molecule has 90 valence electrons. The lowest BCUT2D eigenvalue weighted by Crippen LogP contribution is -2.27. The summed E-state index contributed by atoms with van der Waals surface area (Å²) in [5, 5.41) is 1.14. The Morgan fingerprint density at radius 1 is 1.11 bits per heavy atom. The van der Waals surface area contributed by atoms with Gasteiger partial charge in [0.2, 0.25) is 5.36 Å². The zero-order valence-corrected chi connectivity index (χ0v) is 10.2. The highest BCUT2D eigenvalue weighted by Crippen LogP contribution is 2.16. The van der Waals surface area contributed by atoms with Crippen molar-refractivity contribution in [2.24, 2.45) is 20.0 Å². The van der Waals surface area contributed by atoms with E-state index >= 15 is 0 Å². The highest BCUT2D eigenvalue weighted by atomic mass is 15.2. The molecule has 0 bridgehead atoms. The summed E-state index contributed by atoms with van der Waals surface area (Å²) in [6, 6.07) is 4.08. The molecule has 0 amide bonds. The van der Waals surface area contributed by atoms with E-state index < -0.39 is 0 Å². The van der Waals surface area contributed by atoms with Crippen LogP contribution in [0.2, 0.25) is 0 Å². The Hall–Kier alpha value is -2.37. The molecule has 1 atom stereocenters. The van der Waals surface area contributed by atoms with Crippen molar-refractivity contribution in [3.05, 3.63) is 29.9 Å². The number of rotatable bonds is 1. The van der Waals surface area contributed by atoms with E-state index in [1.165, 1.54) is 12.7 Å². The van der Waals surface area contributed by atoms with Crippen LogP contribution in [-0.4, -0.2) is 42.9 Å². The number of fused-ring (bicyclic) bond motifs is 1. The van der Waals surface area contributed by atoms with Crippen LogP contribution < -0.4 is 9.93 Å². The summed E-state index contributed by atoms with van der Waals surface area (Å²) in [6.45, 7) is 0. The van der Waals surface area contributed by atoms with Gasteiger partial charge in [0.25, 0.3) is 0 Å². The fourth-order valence-electron chi connectivity index (χ4n) is 1.88. The van der Waals surface area contributed by atoms with Crippen molar-refractivity contribution in [1.29, 1.82) is 0 Å². The van der Waals surface area contributed by atoms with E-state index in [0.29, 0.717) is 5.84 Å². The van der Waals surface area contributed by atoms with Gasteiger partial charge in [-0.2, -0.15) is 0 Å². The van der Waals surface area contributed by atoms with Gasteiger partial charge in [-0.15, -0.1) is 0 Å². The summed E-state index contributed by atoms with van der Waals surface area (Å²) in [5.74, 6) is 0.652. The Bertz CT molecular complexity index is 650. The number of aromatic nitrogens is 1. The molecular weight excluding hydrogens is 228 g/mol. The third-order valence-corrected chi connectivity index (χ3v) is 2.87. The minimum absolute atomic E-state index is 0.170. The number of nitrogens with zero attached hydrogens (tertiary/aromatic N) is 6. The molecule has 1 aromatic heterocycles. The molecule has 0 spiro atoms. The van der Waals surface area contributed by atoms with E-state index in [0.717, 1.165) is 11.1 Å². The summed E-state index contributed by atoms with van der Waals surface area (Å²) in [6.07, 6.45) is 6.86. The monoisotopic (exact) mass is 241 g/mol. The first-order chi connectivity index (χ1) is 8.75. The second kappa shape index (κ2) is 4.14. The lowest BCUT2D eigenvalue weighted by molar-refractivity contribution is 0.662. The molecule has 6 heteroatoms. The van der Waals surface area contributed by atoms with Crippen LogP contribution in [0.15, 0.2) is 44.5 Å². The average molecular weight is 241 g/mol. The van der Waals surface area contributed by atoms with Crippen LogP contribution in [0.4, 0.5) is 0 Å². The van der Waals surface area contributed by atoms with Gasteiger partial charge in [-0.1, -0.05) is 0 Å². The van der Waals surface area contributed by atoms with Crippen molar-refractivity contribution < 1.29 is 0 Å². The topological polar surface area (TPSA) is 57.4 Å². The quantitative estimate of drug-likeness (QED) is 0.619. The summed E-state index contributed by atoms with van der Waals surface area (Å²) >= 11 is 0. The maximum atomic E-state index is 4.34. The van der Waals surface area contributed by atoms with E-state index in [4.69, 9.17) is 0 Å². The lowest BCUT2D eigenvalue weighted by Gasteiger charge is -2.17. The van der Waals surface area contributed by atoms with E-state index in [9.17, 15) is 0 Å². The molecule has 18 heavy (non-hydrogen) atoms. The molecule has 2 aliphatic rings. The van der Waals surface area contributed by atoms with Crippen LogP contribution in [0.3, 0.4) is 0 Å². The Balaban J connectivity index is 2.00. The largest absolute Gasteiger partial charge is 0.326 e. The van der Waals surface area contributed by atoms with Crippen molar-refractivity contribution in [2.45, 2.75) is 6.17 Å². The van der Waals surface area contributed by atoms with Crippen LogP contribution in [-0.2, 0) is 0 Å². The molecule has 0 aliphatic carbocycles. The lowest BCUT2D eigenvalue weighted by atomic mass is 10.2. The second-order valence-electron chi connectivity index (χ2n) is 4.25. The fraction of sp³-hybridized carbons (Fsp3) is 0.250. The molecule has 0 N–H and O–H groups in total. The first kappa shape index (κ1) is 10.8. The molecule has 6 nitrogen and oxygen atoms in total. The van der Waals surface area contributed by atoms with E-state index in [1.54, 1.807) is 0 Å². The summed E-state index contributed by atoms with van der Waals surface area (Å²) in [4.78, 5) is 16.7. The van der Waals surface area contributed by atoms with Gasteiger partial charge in [-0.25, -0.2) is 24.5 Å². The van der Waals surface area contributed by atoms with Crippen molar-refractivity contribution in [3.63, 3.8) is 0 Å². The Morgan fingerprint density at radius 2 is 1.89 bits per heavy atom. The maximum Gasteiger partial charge on any atom is 0.202 e. The van der Waals surface area contributed by atoms with E-state index in [-0.39, 0.29) is 6.17 Å². The average Bonchev–Trinajstić information content (AvgIpc) is 2.87. The molecule has 0 aromatic carbocycles. The number of amidine groups is 1. The third-order valence-electron chi connectivity index (χ3n) is 2.87. The summed E-state index contributed by atoms with van der Waals surface area (Å²) < 4.78 is 4.04. The molecule has 3 rings (SSSR count). The molecular formula is C12H13N6+. The Kier molecular flexibility index (Phi) is 2.47.